The Morgan fingerprint density at radius 2 is 1.62 bits per heavy atom. The molecule has 1 fully saturated rings. The van der Waals surface area contributed by atoms with E-state index in [0.717, 1.165) is 5.56 Å². The number of hydrogen-bond donors (Lipinski definition) is 1. The molecule has 1 aromatic rings. The summed E-state index contributed by atoms with van der Waals surface area (Å²) in [5, 5.41) is 0. The lowest BCUT2D eigenvalue weighted by Gasteiger charge is -2.18. The number of allylic oxidation sites excluding steroid dienone is 2. The molecule has 2 amide bonds. The number of fused-ring (bicyclic) bond motifs is 1. The molecule has 1 saturated heterocycles. The highest BCUT2D eigenvalue weighted by molar-refractivity contribution is 6.05. The highest BCUT2D eigenvalue weighted by atomic mass is 16.2. The van der Waals surface area contributed by atoms with Gasteiger partial charge in [0.1, 0.15) is 0 Å². The van der Waals surface area contributed by atoms with Gasteiger partial charge in [0, 0.05) is 12.6 Å². The van der Waals surface area contributed by atoms with E-state index in [1.54, 1.807) is 0 Å². The average molecular weight is 284 g/mol. The van der Waals surface area contributed by atoms with E-state index in [4.69, 9.17) is 5.73 Å². The number of imide groups is 1. The zero-order chi connectivity index (χ0) is 14.8. The third-order valence-electron chi connectivity index (χ3n) is 4.49. The molecule has 21 heavy (non-hydrogen) atoms. The number of carbonyl (C=O) groups is 2. The number of nitrogens with zero attached hydrogens (tertiary/aromatic N) is 1. The lowest BCUT2D eigenvalue weighted by atomic mass is 9.85. The lowest BCUT2D eigenvalue weighted by molar-refractivity contribution is -0.140. The molecule has 3 rings (SSSR count). The monoisotopic (exact) mass is 284 g/mol. The smallest absolute Gasteiger partial charge is 0.233 e. The summed E-state index contributed by atoms with van der Waals surface area (Å²) in [6, 6.07) is 9.64. The minimum Gasteiger partial charge on any atom is -0.324 e. The minimum absolute atomic E-state index is 0.0189. The van der Waals surface area contributed by atoms with Gasteiger partial charge in [-0.3, -0.25) is 14.5 Å². The third-order valence-corrected chi connectivity index (χ3v) is 4.49. The van der Waals surface area contributed by atoms with E-state index in [-0.39, 0.29) is 29.7 Å². The van der Waals surface area contributed by atoms with Crippen molar-refractivity contribution in [1.82, 2.24) is 4.90 Å². The van der Waals surface area contributed by atoms with Crippen LogP contribution in [0.4, 0.5) is 0 Å². The van der Waals surface area contributed by atoms with E-state index in [2.05, 4.69) is 0 Å². The summed E-state index contributed by atoms with van der Waals surface area (Å²) >= 11 is 0. The van der Waals surface area contributed by atoms with Crippen LogP contribution in [0.25, 0.3) is 0 Å². The Morgan fingerprint density at radius 3 is 2.19 bits per heavy atom. The highest BCUT2D eigenvalue weighted by Crippen LogP contribution is 2.35. The van der Waals surface area contributed by atoms with Gasteiger partial charge in [0.05, 0.1) is 11.8 Å². The molecular weight excluding hydrogens is 264 g/mol. The van der Waals surface area contributed by atoms with Crippen LogP contribution in [0.2, 0.25) is 0 Å². The maximum absolute atomic E-state index is 12.3. The lowest BCUT2D eigenvalue weighted by Crippen LogP contribution is -2.33. The second kappa shape index (κ2) is 5.82. The number of benzene rings is 1. The van der Waals surface area contributed by atoms with Crippen molar-refractivity contribution in [3.8, 4) is 0 Å². The topological polar surface area (TPSA) is 63.4 Å². The molecule has 3 atom stereocenters. The number of rotatable bonds is 4. The molecule has 0 radical (unpaired) electrons. The van der Waals surface area contributed by atoms with Gasteiger partial charge in [-0.1, -0.05) is 42.5 Å². The summed E-state index contributed by atoms with van der Waals surface area (Å²) in [7, 11) is 0. The third kappa shape index (κ3) is 2.63. The summed E-state index contributed by atoms with van der Waals surface area (Å²) in [5.74, 6) is -0.324. The molecule has 1 aliphatic heterocycles. The van der Waals surface area contributed by atoms with Gasteiger partial charge in [0.2, 0.25) is 11.8 Å². The van der Waals surface area contributed by atoms with Crippen LogP contribution in [-0.4, -0.2) is 23.3 Å². The molecule has 4 heteroatoms. The Hall–Kier alpha value is -1.94. The van der Waals surface area contributed by atoms with Gasteiger partial charge in [-0.15, -0.1) is 0 Å². The van der Waals surface area contributed by atoms with Crippen molar-refractivity contribution in [3.63, 3.8) is 0 Å². The number of nitrogens with two attached hydrogens (primary N) is 1. The van der Waals surface area contributed by atoms with Gasteiger partial charge in [-0.2, -0.15) is 0 Å². The first-order valence-electron chi connectivity index (χ1n) is 7.49. The van der Waals surface area contributed by atoms with Crippen LogP contribution >= 0.6 is 0 Å². The van der Waals surface area contributed by atoms with Crippen LogP contribution in [0.15, 0.2) is 42.5 Å². The number of likely N-dealkylation sites (tertiary alicyclic amines) is 1. The fraction of sp³-hybridized carbons (Fsp3) is 0.412. The molecule has 4 nitrogen and oxygen atoms in total. The van der Waals surface area contributed by atoms with Crippen LogP contribution in [0.5, 0.6) is 0 Å². The van der Waals surface area contributed by atoms with Crippen LogP contribution in [0.3, 0.4) is 0 Å². The summed E-state index contributed by atoms with van der Waals surface area (Å²) in [4.78, 5) is 26.1. The van der Waals surface area contributed by atoms with Crippen LogP contribution in [0.1, 0.15) is 30.9 Å². The normalized spacial score (nSPS) is 26.0. The molecule has 0 spiro atoms. The molecule has 110 valence electrons. The first kappa shape index (κ1) is 14.0. The van der Waals surface area contributed by atoms with Crippen LogP contribution in [0, 0.1) is 11.8 Å². The van der Waals surface area contributed by atoms with Gasteiger partial charge in [0.25, 0.3) is 0 Å². The standard InChI is InChI=1S/C17H20N2O2/c18-15(12-6-2-1-3-7-12)10-11-19-16(20)13-8-4-5-9-14(13)17(19)21/h1-7,13-15H,8-11,18H2/t13-,14+,15?. The Bertz CT molecular complexity index is 541. The van der Waals surface area contributed by atoms with Crippen molar-refractivity contribution >= 4 is 11.8 Å². The molecule has 2 aliphatic rings. The van der Waals surface area contributed by atoms with E-state index in [1.807, 2.05) is 42.5 Å². The van der Waals surface area contributed by atoms with Gasteiger partial charge >= 0.3 is 0 Å². The van der Waals surface area contributed by atoms with Crippen molar-refractivity contribution in [2.75, 3.05) is 6.54 Å². The Labute approximate surface area is 124 Å². The number of amides is 2. The van der Waals surface area contributed by atoms with Crippen molar-refractivity contribution in [2.45, 2.75) is 25.3 Å². The Kier molecular flexibility index (Phi) is 3.88. The Morgan fingerprint density at radius 1 is 1.05 bits per heavy atom. The zero-order valence-electron chi connectivity index (χ0n) is 11.9. The van der Waals surface area contributed by atoms with E-state index in [9.17, 15) is 9.59 Å². The molecule has 1 heterocycles. The largest absolute Gasteiger partial charge is 0.324 e. The zero-order valence-corrected chi connectivity index (χ0v) is 11.9. The summed E-state index contributed by atoms with van der Waals surface area (Å²) in [6.45, 7) is 0.417. The fourth-order valence-corrected chi connectivity index (χ4v) is 3.22. The first-order chi connectivity index (χ1) is 10.2. The van der Waals surface area contributed by atoms with Crippen molar-refractivity contribution in [2.24, 2.45) is 17.6 Å². The van der Waals surface area contributed by atoms with E-state index < -0.39 is 0 Å². The number of hydrogen-bond acceptors (Lipinski definition) is 3. The molecule has 1 unspecified atom stereocenters. The summed E-state index contributed by atoms with van der Waals surface area (Å²) in [6.07, 6.45) is 6.00. The second-order valence-electron chi connectivity index (χ2n) is 5.79. The molecule has 0 aromatic heterocycles. The van der Waals surface area contributed by atoms with E-state index in [1.165, 1.54) is 4.90 Å². The van der Waals surface area contributed by atoms with Gasteiger partial charge in [-0.25, -0.2) is 0 Å². The average Bonchev–Trinajstić information content (AvgIpc) is 2.78. The van der Waals surface area contributed by atoms with Gasteiger partial charge in [0.15, 0.2) is 0 Å². The maximum Gasteiger partial charge on any atom is 0.233 e. The first-order valence-corrected chi connectivity index (χ1v) is 7.49. The maximum atomic E-state index is 12.3. The second-order valence-corrected chi connectivity index (χ2v) is 5.79. The molecular formula is C17H20N2O2. The van der Waals surface area contributed by atoms with E-state index in [0.29, 0.717) is 25.8 Å². The predicted molar refractivity (Wildman–Crippen MR) is 80.1 cm³/mol. The van der Waals surface area contributed by atoms with Gasteiger partial charge < -0.3 is 5.73 Å². The predicted octanol–water partition coefficient (Wildman–Crippen LogP) is 2.03. The van der Waals surface area contributed by atoms with Gasteiger partial charge in [-0.05, 0) is 24.8 Å². The van der Waals surface area contributed by atoms with Crippen molar-refractivity contribution in [3.05, 3.63) is 48.0 Å². The number of carbonyl (C=O) groups excluding carboxylic acids is 2. The highest BCUT2D eigenvalue weighted by Gasteiger charge is 2.46. The summed E-state index contributed by atoms with van der Waals surface area (Å²) < 4.78 is 0. The van der Waals surface area contributed by atoms with Crippen LogP contribution < -0.4 is 5.73 Å². The SMILES string of the molecule is NC(CCN1C(=O)[C@H]2CC=CC[C@H]2C1=O)c1ccccc1. The van der Waals surface area contributed by atoms with E-state index >= 15 is 0 Å². The fourth-order valence-electron chi connectivity index (χ4n) is 3.22. The molecule has 2 N–H and O–H groups in total. The quantitative estimate of drug-likeness (QED) is 0.679. The molecule has 1 aliphatic carbocycles. The molecule has 0 bridgehead atoms. The molecule has 0 saturated carbocycles. The summed E-state index contributed by atoms with van der Waals surface area (Å²) in [5.41, 5.74) is 7.19. The van der Waals surface area contributed by atoms with Crippen LogP contribution in [-0.2, 0) is 9.59 Å². The Balaban J connectivity index is 1.63. The molecule has 1 aromatic carbocycles. The van der Waals surface area contributed by atoms with Crippen molar-refractivity contribution in [1.29, 1.82) is 0 Å². The van der Waals surface area contributed by atoms with Crippen molar-refractivity contribution < 1.29 is 9.59 Å². The minimum atomic E-state index is -0.146.